The normalized spacial score (nSPS) is 25.2. The summed E-state index contributed by atoms with van der Waals surface area (Å²) in [5, 5.41) is 0. The molecule has 0 aromatic heterocycles. The molecule has 0 aromatic rings. The fourth-order valence-corrected chi connectivity index (χ4v) is 299. The second-order valence-corrected chi connectivity index (χ2v) is 114. The van der Waals surface area contributed by atoms with Crippen molar-refractivity contribution in [3.63, 3.8) is 0 Å². The monoisotopic (exact) mass is 302 g/mol. The molecular weight excluding hydrogens is 281 g/mol. The van der Waals surface area contributed by atoms with Crippen LogP contribution in [0.25, 0.3) is 0 Å². The van der Waals surface area contributed by atoms with Crippen LogP contribution in [0.4, 0.5) is 0 Å². The third-order valence-corrected chi connectivity index (χ3v) is 207. The topological polar surface area (TPSA) is 0 Å². The summed E-state index contributed by atoms with van der Waals surface area (Å²) in [6.45, 7) is 0. The van der Waals surface area contributed by atoms with Gasteiger partial charge in [-0.25, -0.2) is 0 Å². The first-order chi connectivity index (χ1) is 4.52. The van der Waals surface area contributed by atoms with E-state index in [1.54, 1.807) is 48.8 Å². The van der Waals surface area contributed by atoms with Crippen molar-refractivity contribution in [1.29, 1.82) is 0 Å². The lowest BCUT2D eigenvalue weighted by Gasteiger charge is -2.21. The molecule has 0 nitrogen and oxygen atoms in total. The van der Waals surface area contributed by atoms with Gasteiger partial charge in [-0.15, -0.1) is 0 Å². The molecule has 0 aromatic carbocycles. The molecule has 0 saturated carbocycles. The van der Waals surface area contributed by atoms with Crippen molar-refractivity contribution >= 4 is 88.0 Å². The van der Waals surface area contributed by atoms with Gasteiger partial charge in [-0.3, -0.25) is 0 Å². The molecule has 62 valence electrons. The van der Waals surface area contributed by atoms with Crippen LogP contribution in [-0.4, -0.2) is 88.0 Å². The predicted octanol–water partition coefficient (Wildman–Crippen LogP) is -9.70. The van der Waals surface area contributed by atoms with E-state index in [9.17, 15) is 0 Å². The second-order valence-electron chi connectivity index (χ2n) is 4.24. The molecule has 0 bridgehead atoms. The van der Waals surface area contributed by atoms with Crippen molar-refractivity contribution in [2.75, 3.05) is 0 Å². The van der Waals surface area contributed by atoms with Crippen LogP contribution in [0.15, 0.2) is 0 Å². The SMILES string of the molecule is [SiH3][SiH2][SiH]([SiH3])[SiH2][Si]([SiH3])([SiH3])[SiH2][SiH3]. The average Bonchev–Trinajstić information content (AvgIpc) is 1.87. The predicted molar refractivity (Wildman–Crippen MR) is 88.2 cm³/mol. The lowest BCUT2D eigenvalue weighted by molar-refractivity contribution is 3.55. The highest BCUT2D eigenvalue weighted by molar-refractivity contribution is 7.97. The molecule has 0 fully saturated rings. The Morgan fingerprint density at radius 2 is 1.70 bits per heavy atom. The first-order valence-electron chi connectivity index (χ1n) is 4.52. The summed E-state index contributed by atoms with van der Waals surface area (Å²) in [5.41, 5.74) is 0. The second kappa shape index (κ2) is 5.75. The standard InChI is InChI=1S/H22Si10/c1-6-9(3)8-10(4,5)7-2/h9H,6-8H2,1-5H3. The van der Waals surface area contributed by atoms with Gasteiger partial charge in [-0.2, -0.15) is 0 Å². The van der Waals surface area contributed by atoms with E-state index < -0.39 is 0 Å². The van der Waals surface area contributed by atoms with Gasteiger partial charge in [0.25, 0.3) is 0 Å². The van der Waals surface area contributed by atoms with E-state index in [1.165, 1.54) is 0 Å². The van der Waals surface area contributed by atoms with Gasteiger partial charge in [0.1, 0.15) is 0 Å². The molecule has 0 radical (unpaired) electrons. The van der Waals surface area contributed by atoms with E-state index >= 15 is 0 Å². The third kappa shape index (κ3) is 5.77. The molecule has 0 amide bonds. The lowest BCUT2D eigenvalue weighted by Crippen LogP contribution is -2.59. The Morgan fingerprint density at radius 1 is 1.20 bits per heavy atom. The Labute approximate surface area is 87.4 Å². The lowest BCUT2D eigenvalue weighted by atomic mass is 25.9. The minimum atomic E-state index is 0.00935. The molecule has 1 unspecified atom stereocenters. The highest BCUT2D eigenvalue weighted by Gasteiger charge is 2.21. The molecular formula is H22Si10. The van der Waals surface area contributed by atoms with E-state index in [0.29, 0.717) is 7.35 Å². The maximum absolute atomic E-state index is 1.80. The van der Waals surface area contributed by atoms with Crippen molar-refractivity contribution < 1.29 is 0 Å². The fraction of sp³-hybridized carbons (Fsp3) is 0. The number of rotatable bonds is 4. The summed E-state index contributed by atoms with van der Waals surface area (Å²) in [7, 11) is 11.5. The minimum absolute atomic E-state index is 0.00935. The quantitative estimate of drug-likeness (QED) is 0.453. The van der Waals surface area contributed by atoms with Gasteiger partial charge in [0.05, 0.1) is 0 Å². The Kier molecular flexibility index (Phi) is 7.00. The molecule has 0 rings (SSSR count). The van der Waals surface area contributed by atoms with Crippen LogP contribution in [0.2, 0.25) is 0 Å². The van der Waals surface area contributed by atoms with Crippen LogP contribution in [-0.2, 0) is 0 Å². The van der Waals surface area contributed by atoms with Crippen molar-refractivity contribution in [1.82, 2.24) is 0 Å². The van der Waals surface area contributed by atoms with Gasteiger partial charge in [0, 0.05) is 0 Å². The third-order valence-electron chi connectivity index (χ3n) is 2.56. The van der Waals surface area contributed by atoms with Gasteiger partial charge < -0.3 is 0 Å². The van der Waals surface area contributed by atoms with Crippen LogP contribution < -0.4 is 0 Å². The van der Waals surface area contributed by atoms with Gasteiger partial charge in [-0.1, -0.05) is 0 Å². The molecule has 10 heavy (non-hydrogen) atoms. The van der Waals surface area contributed by atoms with Crippen molar-refractivity contribution in [3.8, 4) is 0 Å². The Morgan fingerprint density at radius 3 is 2.00 bits per heavy atom. The highest BCUT2D eigenvalue weighted by Crippen LogP contribution is 1.83. The summed E-state index contributed by atoms with van der Waals surface area (Å²) < 4.78 is 0. The Hall–Kier alpha value is 2.17. The molecule has 0 aliphatic carbocycles. The number of hydrogen-bond donors (Lipinski definition) is 0. The van der Waals surface area contributed by atoms with Gasteiger partial charge in [0.15, 0.2) is 0 Å². The minimum Gasteiger partial charge on any atom is -0.0119 e. The first-order valence-corrected chi connectivity index (χ1v) is 40.6. The zero-order valence-electron chi connectivity index (χ0n) is 8.20. The summed E-state index contributed by atoms with van der Waals surface area (Å²) in [5.74, 6) is 0. The highest BCUT2D eigenvalue weighted by atomic mass is 30.3. The van der Waals surface area contributed by atoms with E-state index in [2.05, 4.69) is 0 Å². The van der Waals surface area contributed by atoms with E-state index in [4.69, 9.17) is 0 Å². The summed E-state index contributed by atoms with van der Waals surface area (Å²) in [6.07, 6.45) is 0.00935. The van der Waals surface area contributed by atoms with Crippen LogP contribution >= 0.6 is 0 Å². The van der Waals surface area contributed by atoms with Crippen LogP contribution in [0, 0.1) is 0 Å². The van der Waals surface area contributed by atoms with Crippen molar-refractivity contribution in [2.45, 2.75) is 0 Å². The molecule has 10 heteroatoms. The Balaban J connectivity index is 3.64. The molecule has 0 saturated heterocycles. The van der Waals surface area contributed by atoms with Gasteiger partial charge in [-0.05, 0) is 88.0 Å². The molecule has 1 atom stereocenters. The largest absolute Gasteiger partial charge is 0.0119 e. The Bertz CT molecular complexity index is 82.0. The van der Waals surface area contributed by atoms with Gasteiger partial charge in [0.2, 0.25) is 0 Å². The zero-order valence-corrected chi connectivity index (χ0v) is 24.6. The van der Waals surface area contributed by atoms with Crippen LogP contribution in [0.5, 0.6) is 0 Å². The smallest absolute Gasteiger partial charge is 0.00582 e. The summed E-state index contributed by atoms with van der Waals surface area (Å²) in [6, 6.07) is 0. The van der Waals surface area contributed by atoms with Crippen molar-refractivity contribution in [3.05, 3.63) is 0 Å². The zero-order chi connectivity index (χ0) is 8.20. The average molecular weight is 303 g/mol. The van der Waals surface area contributed by atoms with E-state index in [0.717, 1.165) is 25.7 Å². The summed E-state index contributed by atoms with van der Waals surface area (Å²) >= 11 is 0. The fourth-order valence-electron chi connectivity index (χ4n) is 1.23. The number of hydrogen-bond acceptors (Lipinski definition) is 0. The molecule has 0 aliphatic heterocycles. The molecule has 0 N–H and O–H groups in total. The molecule has 0 spiro atoms. The van der Waals surface area contributed by atoms with Gasteiger partial charge >= 0.3 is 0 Å². The maximum atomic E-state index is 1.80. The summed E-state index contributed by atoms with van der Waals surface area (Å²) in [4.78, 5) is 0. The molecule has 0 heterocycles. The van der Waals surface area contributed by atoms with Crippen LogP contribution in [0.3, 0.4) is 0 Å². The van der Waals surface area contributed by atoms with E-state index in [1.807, 2.05) is 0 Å². The van der Waals surface area contributed by atoms with Crippen LogP contribution in [0.1, 0.15) is 0 Å². The first kappa shape index (κ1) is 12.2. The van der Waals surface area contributed by atoms with Crippen molar-refractivity contribution in [2.24, 2.45) is 0 Å². The molecule has 0 aliphatic rings. The van der Waals surface area contributed by atoms with E-state index in [-0.39, 0.29) is 6.14 Å². The maximum Gasteiger partial charge on any atom is -0.00582 e.